The molecule has 0 bridgehead atoms. The van der Waals surface area contributed by atoms with E-state index in [4.69, 9.17) is 0 Å². The lowest BCUT2D eigenvalue weighted by atomic mass is 9.79. The van der Waals surface area contributed by atoms with Crippen molar-refractivity contribution in [1.29, 1.82) is 0 Å². The van der Waals surface area contributed by atoms with Gasteiger partial charge in [-0.2, -0.15) is 0 Å². The van der Waals surface area contributed by atoms with Crippen LogP contribution in [0.4, 0.5) is 0 Å². The fourth-order valence-electron chi connectivity index (χ4n) is 3.75. The maximum absolute atomic E-state index is 12.3. The van der Waals surface area contributed by atoms with Gasteiger partial charge in [0.05, 0.1) is 6.54 Å². The van der Waals surface area contributed by atoms with Crippen molar-refractivity contribution >= 4 is 17.2 Å². The third kappa shape index (κ3) is 2.56. The summed E-state index contributed by atoms with van der Waals surface area (Å²) in [4.78, 5) is 15.6. The largest absolute Gasteiger partial charge is 0.318 e. The smallest absolute Gasteiger partial charge is 0.238 e. The van der Waals surface area contributed by atoms with Crippen molar-refractivity contribution in [1.82, 2.24) is 10.2 Å². The van der Waals surface area contributed by atoms with Crippen LogP contribution < -0.4 is 5.32 Å². The molecule has 104 valence electrons. The van der Waals surface area contributed by atoms with E-state index in [0.29, 0.717) is 12.6 Å². The van der Waals surface area contributed by atoms with E-state index in [1.54, 1.807) is 11.3 Å². The van der Waals surface area contributed by atoms with Crippen molar-refractivity contribution < 1.29 is 4.79 Å². The Balaban J connectivity index is 1.82. The first-order chi connectivity index (χ1) is 9.15. The molecule has 0 aromatic carbocycles. The first-order valence-corrected chi connectivity index (χ1v) is 8.11. The number of carbonyl (C=O) groups excluding carboxylic acids is 1. The molecule has 1 aliphatic heterocycles. The Hall–Kier alpha value is -0.870. The van der Waals surface area contributed by atoms with Gasteiger partial charge in [0.2, 0.25) is 5.91 Å². The summed E-state index contributed by atoms with van der Waals surface area (Å²) < 4.78 is 0. The summed E-state index contributed by atoms with van der Waals surface area (Å²) in [6.07, 6.45) is 3.71. The highest BCUT2D eigenvalue weighted by atomic mass is 32.1. The third-order valence-electron chi connectivity index (χ3n) is 4.37. The molecule has 1 aliphatic carbocycles. The summed E-state index contributed by atoms with van der Waals surface area (Å²) in [5.41, 5.74) is 0. The van der Waals surface area contributed by atoms with Gasteiger partial charge in [-0.3, -0.25) is 10.1 Å². The van der Waals surface area contributed by atoms with Crippen LogP contribution in [0.3, 0.4) is 0 Å². The van der Waals surface area contributed by atoms with E-state index in [1.165, 1.54) is 11.3 Å². The second-order valence-corrected chi connectivity index (χ2v) is 7.15. The van der Waals surface area contributed by atoms with Gasteiger partial charge in [0.1, 0.15) is 6.17 Å². The lowest BCUT2D eigenvalue weighted by Gasteiger charge is -2.39. The number of rotatable bonds is 2. The van der Waals surface area contributed by atoms with Gasteiger partial charge in [-0.25, -0.2) is 0 Å². The Bertz CT molecular complexity index is 435. The molecule has 0 spiro atoms. The maximum atomic E-state index is 12.3. The van der Waals surface area contributed by atoms with Gasteiger partial charge >= 0.3 is 0 Å². The Kier molecular flexibility index (Phi) is 3.63. The van der Waals surface area contributed by atoms with Gasteiger partial charge in [0, 0.05) is 10.9 Å². The molecule has 0 radical (unpaired) electrons. The van der Waals surface area contributed by atoms with Crippen LogP contribution in [0.1, 0.15) is 44.2 Å². The fraction of sp³-hybridized carbons (Fsp3) is 0.667. The molecule has 2 aliphatic rings. The van der Waals surface area contributed by atoms with Crippen LogP contribution in [-0.2, 0) is 4.79 Å². The van der Waals surface area contributed by atoms with Gasteiger partial charge in [-0.15, -0.1) is 11.3 Å². The molecular formula is C15H22N2OS. The van der Waals surface area contributed by atoms with Crippen molar-refractivity contribution in [3.8, 4) is 0 Å². The average molecular weight is 278 g/mol. The van der Waals surface area contributed by atoms with Gasteiger partial charge < -0.3 is 4.90 Å². The van der Waals surface area contributed by atoms with Crippen molar-refractivity contribution in [2.75, 3.05) is 6.54 Å². The van der Waals surface area contributed by atoms with E-state index in [9.17, 15) is 4.79 Å². The van der Waals surface area contributed by atoms with Gasteiger partial charge in [0.25, 0.3) is 0 Å². The minimum Gasteiger partial charge on any atom is -0.318 e. The van der Waals surface area contributed by atoms with Gasteiger partial charge in [0.15, 0.2) is 0 Å². The number of nitrogens with one attached hydrogen (secondary N) is 1. The van der Waals surface area contributed by atoms with Crippen molar-refractivity contribution in [2.45, 2.75) is 45.3 Å². The zero-order valence-electron chi connectivity index (χ0n) is 11.6. The van der Waals surface area contributed by atoms with Gasteiger partial charge in [-0.05, 0) is 42.5 Å². The molecule has 19 heavy (non-hydrogen) atoms. The van der Waals surface area contributed by atoms with Crippen LogP contribution in [0.25, 0.3) is 0 Å². The SMILES string of the molecule is CC1CC(C)CC(N2C(=O)CNC2c2cccs2)C1. The van der Waals surface area contributed by atoms with E-state index in [1.807, 2.05) is 0 Å². The molecule has 1 saturated heterocycles. The number of nitrogens with zero attached hydrogens (tertiary/aromatic N) is 1. The van der Waals surface area contributed by atoms with Crippen LogP contribution in [0.2, 0.25) is 0 Å². The molecule has 1 N–H and O–H groups in total. The molecule has 3 nitrogen and oxygen atoms in total. The van der Waals surface area contributed by atoms with Crippen LogP contribution in [0, 0.1) is 11.8 Å². The number of amides is 1. The molecule has 1 aromatic rings. The molecule has 4 heteroatoms. The van der Waals surface area contributed by atoms with E-state index in [0.717, 1.165) is 24.7 Å². The minimum atomic E-state index is 0.106. The first kappa shape index (κ1) is 13.1. The van der Waals surface area contributed by atoms with E-state index in [2.05, 4.69) is 41.6 Å². The molecular weight excluding hydrogens is 256 g/mol. The van der Waals surface area contributed by atoms with E-state index >= 15 is 0 Å². The van der Waals surface area contributed by atoms with Crippen molar-refractivity contribution in [3.63, 3.8) is 0 Å². The summed E-state index contributed by atoms with van der Waals surface area (Å²) in [6, 6.07) is 4.60. The Morgan fingerprint density at radius 2 is 2.00 bits per heavy atom. The van der Waals surface area contributed by atoms with Crippen LogP contribution in [0.15, 0.2) is 17.5 Å². The molecule has 1 aromatic heterocycles. The Labute approximate surface area is 119 Å². The van der Waals surface area contributed by atoms with Crippen molar-refractivity contribution in [2.24, 2.45) is 11.8 Å². The third-order valence-corrected chi connectivity index (χ3v) is 5.30. The minimum absolute atomic E-state index is 0.106. The summed E-state index contributed by atoms with van der Waals surface area (Å²) in [5, 5.41) is 5.46. The number of thiophene rings is 1. The number of carbonyl (C=O) groups is 1. The van der Waals surface area contributed by atoms with Crippen LogP contribution >= 0.6 is 11.3 Å². The highest BCUT2D eigenvalue weighted by molar-refractivity contribution is 7.10. The summed E-state index contributed by atoms with van der Waals surface area (Å²) >= 11 is 1.74. The predicted octanol–water partition coefficient (Wildman–Crippen LogP) is 3.00. The monoisotopic (exact) mass is 278 g/mol. The van der Waals surface area contributed by atoms with E-state index in [-0.39, 0.29) is 12.1 Å². The predicted molar refractivity (Wildman–Crippen MR) is 77.9 cm³/mol. The van der Waals surface area contributed by atoms with Gasteiger partial charge in [-0.1, -0.05) is 19.9 Å². The highest BCUT2D eigenvalue weighted by Gasteiger charge is 2.39. The molecule has 3 unspecified atom stereocenters. The maximum Gasteiger partial charge on any atom is 0.238 e. The normalized spacial score (nSPS) is 35.9. The summed E-state index contributed by atoms with van der Waals surface area (Å²) in [5.74, 6) is 1.72. The summed E-state index contributed by atoms with van der Waals surface area (Å²) in [6.45, 7) is 5.12. The Morgan fingerprint density at radius 1 is 1.26 bits per heavy atom. The molecule has 3 atom stereocenters. The number of hydrogen-bond donors (Lipinski definition) is 1. The van der Waals surface area contributed by atoms with Crippen LogP contribution in [0.5, 0.6) is 0 Å². The summed E-state index contributed by atoms with van der Waals surface area (Å²) in [7, 11) is 0. The molecule has 1 amide bonds. The van der Waals surface area contributed by atoms with Crippen LogP contribution in [-0.4, -0.2) is 23.4 Å². The zero-order chi connectivity index (χ0) is 13.4. The van der Waals surface area contributed by atoms with E-state index < -0.39 is 0 Å². The lowest BCUT2D eigenvalue weighted by Crippen LogP contribution is -2.43. The van der Waals surface area contributed by atoms with Crippen molar-refractivity contribution in [3.05, 3.63) is 22.4 Å². The first-order valence-electron chi connectivity index (χ1n) is 7.23. The second-order valence-electron chi connectivity index (χ2n) is 6.17. The molecule has 3 rings (SSSR count). The Morgan fingerprint density at radius 3 is 2.63 bits per heavy atom. The highest BCUT2D eigenvalue weighted by Crippen LogP contribution is 2.37. The molecule has 1 saturated carbocycles. The molecule has 2 fully saturated rings. The fourth-order valence-corrected chi connectivity index (χ4v) is 4.55. The standard InChI is InChI=1S/C15H22N2OS/c1-10-6-11(2)8-12(7-10)17-14(18)9-16-15(17)13-4-3-5-19-13/h3-5,10-12,15-16H,6-9H2,1-2H3. The lowest BCUT2D eigenvalue weighted by molar-refractivity contribution is -0.131. The molecule has 2 heterocycles. The quantitative estimate of drug-likeness (QED) is 0.902. The average Bonchev–Trinajstić information content (AvgIpc) is 2.95. The second kappa shape index (κ2) is 5.25. The zero-order valence-corrected chi connectivity index (χ0v) is 12.5. The number of hydrogen-bond acceptors (Lipinski definition) is 3. The topological polar surface area (TPSA) is 32.3 Å².